The molecule has 0 aliphatic carbocycles. The lowest BCUT2D eigenvalue weighted by atomic mass is 10.2. The molecule has 2 aromatic heterocycles. The largest absolute Gasteiger partial charge is 0.340 e. The van der Waals surface area contributed by atoms with Crippen molar-refractivity contribution in [2.24, 2.45) is 0 Å². The zero-order valence-corrected chi connectivity index (χ0v) is 18.4. The minimum Gasteiger partial charge on any atom is -0.340 e. The molecule has 0 atom stereocenters. The molecular weight excluding hydrogens is 439 g/mol. The summed E-state index contributed by atoms with van der Waals surface area (Å²) in [5.74, 6) is 1.66. The van der Waals surface area contributed by atoms with Crippen LogP contribution in [0.3, 0.4) is 0 Å². The molecule has 1 saturated heterocycles. The second kappa shape index (κ2) is 9.92. The summed E-state index contributed by atoms with van der Waals surface area (Å²) in [7, 11) is 0. The lowest BCUT2D eigenvalue weighted by Crippen LogP contribution is -2.48. The van der Waals surface area contributed by atoms with Crippen LogP contribution >= 0.6 is 0 Å². The molecule has 1 aliphatic heterocycles. The molecule has 34 heavy (non-hydrogen) atoms. The third-order valence-electron chi connectivity index (χ3n) is 5.70. The van der Waals surface area contributed by atoms with E-state index in [1.54, 1.807) is 12.1 Å². The van der Waals surface area contributed by atoms with Crippen molar-refractivity contribution in [3.8, 4) is 22.8 Å². The van der Waals surface area contributed by atoms with Gasteiger partial charge < -0.3 is 13.9 Å². The van der Waals surface area contributed by atoms with Crippen LogP contribution < -0.4 is 0 Å². The molecule has 0 unspecified atom stereocenters. The van der Waals surface area contributed by atoms with E-state index in [4.69, 9.17) is 9.05 Å². The summed E-state index contributed by atoms with van der Waals surface area (Å²) in [6, 6.07) is 15.5. The Morgan fingerprint density at radius 3 is 2.41 bits per heavy atom. The van der Waals surface area contributed by atoms with Crippen molar-refractivity contribution in [1.82, 2.24) is 30.1 Å². The van der Waals surface area contributed by atoms with Crippen molar-refractivity contribution < 1.29 is 18.2 Å². The average Bonchev–Trinajstić information content (AvgIpc) is 3.54. The Kier molecular flexibility index (Phi) is 6.39. The van der Waals surface area contributed by atoms with Crippen molar-refractivity contribution in [1.29, 1.82) is 0 Å². The number of benzene rings is 2. The molecule has 3 heterocycles. The highest BCUT2D eigenvalue weighted by Gasteiger charge is 2.23. The van der Waals surface area contributed by atoms with Crippen molar-refractivity contribution in [2.75, 3.05) is 26.2 Å². The maximum absolute atomic E-state index is 13.1. The van der Waals surface area contributed by atoms with Crippen molar-refractivity contribution in [2.45, 2.75) is 19.4 Å². The third kappa shape index (κ3) is 5.18. The second-order valence-corrected chi connectivity index (χ2v) is 8.06. The van der Waals surface area contributed by atoms with Crippen LogP contribution in [0.5, 0.6) is 0 Å². The normalized spacial score (nSPS) is 14.4. The molecule has 4 aromatic rings. The van der Waals surface area contributed by atoms with Gasteiger partial charge in [-0.15, -0.1) is 0 Å². The van der Waals surface area contributed by atoms with Gasteiger partial charge in [0.25, 0.3) is 5.89 Å². The number of piperazine rings is 1. The maximum atomic E-state index is 13.1. The number of aryl methyl sites for hydroxylation is 1. The summed E-state index contributed by atoms with van der Waals surface area (Å²) >= 11 is 0. The van der Waals surface area contributed by atoms with Gasteiger partial charge in [-0.2, -0.15) is 9.97 Å². The number of carbonyl (C=O) groups excluding carboxylic acids is 1. The maximum Gasteiger partial charge on any atom is 0.257 e. The summed E-state index contributed by atoms with van der Waals surface area (Å²) in [5, 5.41) is 8.02. The Hall–Kier alpha value is -3.92. The average molecular weight is 462 g/mol. The zero-order valence-electron chi connectivity index (χ0n) is 18.4. The van der Waals surface area contributed by atoms with E-state index in [2.05, 4.69) is 25.2 Å². The van der Waals surface area contributed by atoms with Gasteiger partial charge >= 0.3 is 0 Å². The number of amides is 1. The highest BCUT2D eigenvalue weighted by molar-refractivity contribution is 5.76. The van der Waals surface area contributed by atoms with Gasteiger partial charge in [-0.05, 0) is 24.3 Å². The van der Waals surface area contributed by atoms with Gasteiger partial charge in [0.05, 0.1) is 6.54 Å². The molecule has 0 radical (unpaired) electrons. The molecule has 0 saturated carbocycles. The van der Waals surface area contributed by atoms with Crippen LogP contribution in [0.1, 0.15) is 18.1 Å². The quantitative estimate of drug-likeness (QED) is 0.413. The Labute approximate surface area is 195 Å². The fourth-order valence-electron chi connectivity index (χ4n) is 3.82. The highest BCUT2D eigenvalue weighted by atomic mass is 19.1. The topological polar surface area (TPSA) is 101 Å². The molecule has 0 N–H and O–H groups in total. The predicted octanol–water partition coefficient (Wildman–Crippen LogP) is 3.20. The molecule has 10 heteroatoms. The van der Waals surface area contributed by atoms with Crippen LogP contribution in [0.2, 0.25) is 0 Å². The first-order valence-corrected chi connectivity index (χ1v) is 11.1. The van der Waals surface area contributed by atoms with Gasteiger partial charge in [-0.1, -0.05) is 40.6 Å². The van der Waals surface area contributed by atoms with Crippen molar-refractivity contribution in [3.05, 3.63) is 72.1 Å². The van der Waals surface area contributed by atoms with Crippen molar-refractivity contribution in [3.63, 3.8) is 0 Å². The van der Waals surface area contributed by atoms with Crippen LogP contribution in [0.4, 0.5) is 4.39 Å². The van der Waals surface area contributed by atoms with Gasteiger partial charge in [-0.3, -0.25) is 9.69 Å². The van der Waals surface area contributed by atoms with E-state index in [-0.39, 0.29) is 11.7 Å². The molecule has 1 aliphatic rings. The summed E-state index contributed by atoms with van der Waals surface area (Å²) in [6.07, 6.45) is 0.732. The number of hydrogen-bond donors (Lipinski definition) is 0. The molecule has 0 bridgehead atoms. The number of hydrogen-bond acceptors (Lipinski definition) is 8. The molecule has 174 valence electrons. The SMILES string of the molecule is O=C(CCc1nc(-c2ccccc2)no1)N1CCN(Cc2noc(-c3ccc(F)cc3)n2)CC1. The lowest BCUT2D eigenvalue weighted by molar-refractivity contribution is -0.133. The Balaban J connectivity index is 1.08. The number of rotatable bonds is 7. The van der Waals surface area contributed by atoms with Crippen LogP contribution in [-0.4, -0.2) is 62.2 Å². The van der Waals surface area contributed by atoms with Crippen molar-refractivity contribution >= 4 is 5.91 Å². The van der Waals surface area contributed by atoms with E-state index in [1.165, 1.54) is 12.1 Å². The molecular formula is C24H23FN6O3. The summed E-state index contributed by atoms with van der Waals surface area (Å²) in [6.45, 7) is 3.20. The lowest BCUT2D eigenvalue weighted by Gasteiger charge is -2.34. The molecule has 5 rings (SSSR count). The van der Waals surface area contributed by atoms with E-state index < -0.39 is 0 Å². The zero-order chi connectivity index (χ0) is 23.3. The fraction of sp³-hybridized carbons (Fsp3) is 0.292. The summed E-state index contributed by atoms with van der Waals surface area (Å²) in [5.41, 5.74) is 1.55. The molecule has 2 aromatic carbocycles. The molecule has 9 nitrogen and oxygen atoms in total. The predicted molar refractivity (Wildman–Crippen MR) is 120 cm³/mol. The Bertz CT molecular complexity index is 1230. The van der Waals surface area contributed by atoms with Crippen LogP contribution in [0.25, 0.3) is 22.8 Å². The second-order valence-electron chi connectivity index (χ2n) is 8.06. The number of aromatic nitrogens is 4. The molecule has 1 amide bonds. The van der Waals surface area contributed by atoms with Gasteiger partial charge in [-0.25, -0.2) is 4.39 Å². The van der Waals surface area contributed by atoms with Gasteiger partial charge in [0, 0.05) is 50.1 Å². The molecule has 0 spiro atoms. The smallest absolute Gasteiger partial charge is 0.257 e. The highest BCUT2D eigenvalue weighted by Crippen LogP contribution is 2.19. The number of carbonyl (C=O) groups is 1. The summed E-state index contributed by atoms with van der Waals surface area (Å²) < 4.78 is 23.7. The monoisotopic (exact) mass is 462 g/mol. The minimum absolute atomic E-state index is 0.0669. The minimum atomic E-state index is -0.315. The van der Waals surface area contributed by atoms with E-state index in [9.17, 15) is 9.18 Å². The molecule has 1 fully saturated rings. The van der Waals surface area contributed by atoms with E-state index in [1.807, 2.05) is 35.2 Å². The number of nitrogens with zero attached hydrogens (tertiary/aromatic N) is 6. The Morgan fingerprint density at radius 2 is 1.65 bits per heavy atom. The number of halogens is 1. The van der Waals surface area contributed by atoms with Crippen LogP contribution in [-0.2, 0) is 17.8 Å². The van der Waals surface area contributed by atoms with Crippen LogP contribution in [0, 0.1) is 5.82 Å². The van der Waals surface area contributed by atoms with Gasteiger partial charge in [0.2, 0.25) is 17.6 Å². The first-order valence-electron chi connectivity index (χ1n) is 11.1. The van der Waals surface area contributed by atoms with E-state index >= 15 is 0 Å². The summed E-state index contributed by atoms with van der Waals surface area (Å²) in [4.78, 5) is 25.5. The standard InChI is InChI=1S/C24H23FN6O3/c25-19-8-6-18(7-9-19)24-26-20(28-34-24)16-30-12-14-31(15-13-30)22(32)11-10-21-27-23(29-33-21)17-4-2-1-3-5-17/h1-9H,10-16H2. The van der Waals surface area contributed by atoms with Gasteiger partial charge in [0.1, 0.15) is 5.82 Å². The first kappa shape index (κ1) is 21.9. The van der Waals surface area contributed by atoms with Gasteiger partial charge in [0.15, 0.2) is 5.82 Å². The van der Waals surface area contributed by atoms with E-state index in [0.29, 0.717) is 74.6 Å². The van der Waals surface area contributed by atoms with E-state index in [0.717, 1.165) is 5.56 Å². The fourth-order valence-corrected chi connectivity index (χ4v) is 3.82. The third-order valence-corrected chi connectivity index (χ3v) is 5.70. The Morgan fingerprint density at radius 1 is 0.882 bits per heavy atom. The van der Waals surface area contributed by atoms with Crippen LogP contribution in [0.15, 0.2) is 63.6 Å². The first-order chi connectivity index (χ1) is 16.6.